The zero-order valence-corrected chi connectivity index (χ0v) is 14.5. The van der Waals surface area contributed by atoms with Gasteiger partial charge in [0.05, 0.1) is 0 Å². The van der Waals surface area contributed by atoms with Crippen molar-refractivity contribution in [1.29, 1.82) is 0 Å². The second-order valence-corrected chi connectivity index (χ2v) is 5.69. The highest BCUT2D eigenvalue weighted by Crippen LogP contribution is 2.13. The van der Waals surface area contributed by atoms with Crippen LogP contribution in [0.25, 0.3) is 0 Å². The Labute approximate surface area is 143 Å². The maximum Gasteiger partial charge on any atom is 0.191 e. The fourth-order valence-electron chi connectivity index (χ4n) is 2.34. The largest absolute Gasteiger partial charge is 0.370 e. The van der Waals surface area contributed by atoms with Crippen molar-refractivity contribution in [3.05, 3.63) is 66.0 Å². The highest BCUT2D eigenvalue weighted by atomic mass is 19.1. The highest BCUT2D eigenvalue weighted by Gasteiger charge is 2.10. The SMILES string of the molecule is CN=C(NCc1ccccc1F)NCC(C)N(C)c1ccccc1. The molecule has 2 aromatic rings. The van der Waals surface area contributed by atoms with Crippen LogP contribution in [0, 0.1) is 5.82 Å². The normalized spacial score (nSPS) is 12.6. The molecule has 0 aliphatic heterocycles. The van der Waals surface area contributed by atoms with E-state index in [-0.39, 0.29) is 11.9 Å². The van der Waals surface area contributed by atoms with Crippen LogP contribution in [0.2, 0.25) is 0 Å². The molecule has 0 aliphatic carbocycles. The van der Waals surface area contributed by atoms with Gasteiger partial charge in [0.25, 0.3) is 0 Å². The van der Waals surface area contributed by atoms with E-state index in [0.717, 1.165) is 6.54 Å². The minimum absolute atomic E-state index is 0.211. The van der Waals surface area contributed by atoms with Crippen LogP contribution in [-0.4, -0.2) is 32.6 Å². The lowest BCUT2D eigenvalue weighted by Crippen LogP contribution is -2.44. The maximum absolute atomic E-state index is 13.6. The van der Waals surface area contributed by atoms with E-state index >= 15 is 0 Å². The van der Waals surface area contributed by atoms with E-state index in [1.807, 2.05) is 24.3 Å². The van der Waals surface area contributed by atoms with Crippen molar-refractivity contribution in [2.24, 2.45) is 4.99 Å². The first-order valence-corrected chi connectivity index (χ1v) is 8.07. The van der Waals surface area contributed by atoms with Gasteiger partial charge in [-0.1, -0.05) is 36.4 Å². The molecule has 2 aromatic carbocycles. The minimum atomic E-state index is -0.211. The Balaban J connectivity index is 1.84. The standard InChI is InChI=1S/C19H25FN4/c1-15(24(3)17-10-5-4-6-11-17)13-22-19(21-2)23-14-16-9-7-8-12-18(16)20/h4-12,15H,13-14H2,1-3H3,(H2,21,22,23). The summed E-state index contributed by atoms with van der Waals surface area (Å²) in [7, 11) is 3.78. The van der Waals surface area contributed by atoms with Gasteiger partial charge >= 0.3 is 0 Å². The molecule has 2 N–H and O–H groups in total. The van der Waals surface area contributed by atoms with Crippen molar-refractivity contribution < 1.29 is 4.39 Å². The molecular weight excluding hydrogens is 303 g/mol. The van der Waals surface area contributed by atoms with Crippen LogP contribution in [0.1, 0.15) is 12.5 Å². The monoisotopic (exact) mass is 328 g/mol. The number of halogens is 1. The maximum atomic E-state index is 13.6. The number of nitrogens with one attached hydrogen (secondary N) is 2. The minimum Gasteiger partial charge on any atom is -0.370 e. The zero-order chi connectivity index (χ0) is 17.4. The number of para-hydroxylation sites is 1. The third-order valence-electron chi connectivity index (χ3n) is 4.02. The highest BCUT2D eigenvalue weighted by molar-refractivity contribution is 5.79. The van der Waals surface area contributed by atoms with Gasteiger partial charge < -0.3 is 15.5 Å². The van der Waals surface area contributed by atoms with Crippen molar-refractivity contribution in [3.63, 3.8) is 0 Å². The van der Waals surface area contributed by atoms with Crippen LogP contribution in [0.5, 0.6) is 0 Å². The summed E-state index contributed by atoms with van der Waals surface area (Å²) in [6.07, 6.45) is 0. The Morgan fingerprint density at radius 1 is 1.08 bits per heavy atom. The van der Waals surface area contributed by atoms with Crippen molar-refractivity contribution in [2.75, 3.05) is 25.5 Å². The van der Waals surface area contributed by atoms with Crippen molar-refractivity contribution in [2.45, 2.75) is 19.5 Å². The number of likely N-dealkylation sites (N-methyl/N-ethyl adjacent to an activating group) is 1. The van der Waals surface area contributed by atoms with Gasteiger partial charge in [-0.3, -0.25) is 4.99 Å². The molecule has 24 heavy (non-hydrogen) atoms. The van der Waals surface area contributed by atoms with Crippen LogP contribution in [-0.2, 0) is 6.54 Å². The summed E-state index contributed by atoms with van der Waals surface area (Å²) in [6.45, 7) is 3.27. The number of nitrogens with zero attached hydrogens (tertiary/aromatic N) is 2. The summed E-state index contributed by atoms with van der Waals surface area (Å²) >= 11 is 0. The average Bonchev–Trinajstić information content (AvgIpc) is 2.63. The summed E-state index contributed by atoms with van der Waals surface area (Å²) in [4.78, 5) is 6.40. The van der Waals surface area contributed by atoms with E-state index in [1.54, 1.807) is 19.2 Å². The number of rotatable bonds is 6. The molecule has 5 heteroatoms. The summed E-state index contributed by atoms with van der Waals surface area (Å²) < 4.78 is 13.6. The Kier molecular flexibility index (Phi) is 6.61. The van der Waals surface area contributed by atoms with E-state index in [2.05, 4.69) is 46.6 Å². The summed E-state index contributed by atoms with van der Waals surface area (Å²) in [5.41, 5.74) is 1.79. The van der Waals surface area contributed by atoms with Gasteiger partial charge in [-0.15, -0.1) is 0 Å². The van der Waals surface area contributed by atoms with Crippen molar-refractivity contribution in [3.8, 4) is 0 Å². The van der Waals surface area contributed by atoms with E-state index < -0.39 is 0 Å². The van der Waals surface area contributed by atoms with Gasteiger partial charge in [0.15, 0.2) is 5.96 Å². The molecule has 0 heterocycles. The molecule has 0 spiro atoms. The molecular formula is C19H25FN4. The summed E-state index contributed by atoms with van der Waals surface area (Å²) in [5, 5.41) is 6.43. The zero-order valence-electron chi connectivity index (χ0n) is 14.5. The predicted octanol–water partition coefficient (Wildman–Crippen LogP) is 3.02. The molecule has 0 saturated heterocycles. The fourth-order valence-corrected chi connectivity index (χ4v) is 2.34. The number of guanidine groups is 1. The van der Waals surface area contributed by atoms with Crippen LogP contribution >= 0.6 is 0 Å². The molecule has 4 nitrogen and oxygen atoms in total. The molecule has 1 atom stereocenters. The fraction of sp³-hybridized carbons (Fsp3) is 0.316. The predicted molar refractivity (Wildman–Crippen MR) is 98.9 cm³/mol. The number of hydrogen-bond acceptors (Lipinski definition) is 2. The first-order chi connectivity index (χ1) is 11.6. The van der Waals surface area contributed by atoms with E-state index in [0.29, 0.717) is 18.1 Å². The van der Waals surface area contributed by atoms with Crippen molar-refractivity contribution in [1.82, 2.24) is 10.6 Å². The quantitative estimate of drug-likeness (QED) is 0.632. The Morgan fingerprint density at radius 2 is 1.75 bits per heavy atom. The van der Waals surface area contributed by atoms with Crippen LogP contribution in [0.3, 0.4) is 0 Å². The second kappa shape index (κ2) is 8.91. The summed E-state index contributed by atoms with van der Waals surface area (Å²) in [5.74, 6) is 0.448. The van der Waals surface area contributed by atoms with E-state index in [9.17, 15) is 4.39 Å². The van der Waals surface area contributed by atoms with Crippen LogP contribution in [0.15, 0.2) is 59.6 Å². The van der Waals surface area contributed by atoms with Crippen LogP contribution < -0.4 is 15.5 Å². The van der Waals surface area contributed by atoms with Gasteiger partial charge in [0.2, 0.25) is 0 Å². The lowest BCUT2D eigenvalue weighted by molar-refractivity contribution is 0.602. The molecule has 0 aliphatic rings. The molecule has 0 radical (unpaired) electrons. The molecule has 0 aromatic heterocycles. The van der Waals surface area contributed by atoms with E-state index in [4.69, 9.17) is 0 Å². The third-order valence-corrected chi connectivity index (χ3v) is 4.02. The Bertz CT molecular complexity index is 657. The topological polar surface area (TPSA) is 39.7 Å². The first kappa shape index (κ1) is 17.8. The lowest BCUT2D eigenvalue weighted by atomic mass is 10.2. The van der Waals surface area contributed by atoms with Crippen molar-refractivity contribution >= 4 is 11.6 Å². The molecule has 1 unspecified atom stereocenters. The summed E-state index contributed by atoms with van der Waals surface area (Å²) in [6, 6.07) is 17.3. The number of anilines is 1. The van der Waals surface area contributed by atoms with Crippen LogP contribution in [0.4, 0.5) is 10.1 Å². The van der Waals surface area contributed by atoms with E-state index in [1.165, 1.54) is 11.8 Å². The molecule has 0 fully saturated rings. The number of benzene rings is 2. The second-order valence-electron chi connectivity index (χ2n) is 5.69. The van der Waals surface area contributed by atoms with Gasteiger partial charge in [0, 0.05) is 44.5 Å². The Morgan fingerprint density at radius 3 is 2.42 bits per heavy atom. The molecule has 0 bridgehead atoms. The number of aliphatic imine (C=N–C) groups is 1. The van der Waals surface area contributed by atoms with Gasteiger partial charge in [0.1, 0.15) is 5.82 Å². The third kappa shape index (κ3) is 4.98. The average molecular weight is 328 g/mol. The molecule has 0 amide bonds. The van der Waals surface area contributed by atoms with Gasteiger partial charge in [-0.05, 0) is 25.1 Å². The first-order valence-electron chi connectivity index (χ1n) is 8.07. The molecule has 0 saturated carbocycles. The Hall–Kier alpha value is -2.56. The van der Waals surface area contributed by atoms with Gasteiger partial charge in [-0.25, -0.2) is 4.39 Å². The molecule has 2 rings (SSSR count). The van der Waals surface area contributed by atoms with Gasteiger partial charge in [-0.2, -0.15) is 0 Å². The smallest absolute Gasteiger partial charge is 0.191 e. The lowest BCUT2D eigenvalue weighted by Gasteiger charge is -2.27. The number of hydrogen-bond donors (Lipinski definition) is 2. The molecule has 128 valence electrons.